The maximum atomic E-state index is 11.0. The van der Waals surface area contributed by atoms with Crippen molar-refractivity contribution in [2.45, 2.75) is 0 Å². The van der Waals surface area contributed by atoms with Gasteiger partial charge in [-0.05, 0) is 24.3 Å². The molecule has 0 saturated carbocycles. The highest BCUT2D eigenvalue weighted by Crippen LogP contribution is 2.19. The fourth-order valence-electron chi connectivity index (χ4n) is 2.04. The quantitative estimate of drug-likeness (QED) is 0.585. The first-order valence-electron chi connectivity index (χ1n) is 6.55. The first-order chi connectivity index (χ1) is 11.0. The van der Waals surface area contributed by atoms with Crippen LogP contribution in [0.1, 0.15) is 10.4 Å². The second kappa shape index (κ2) is 5.68. The summed E-state index contributed by atoms with van der Waals surface area (Å²) in [5, 5.41) is 23.9. The van der Waals surface area contributed by atoms with Crippen molar-refractivity contribution in [3.63, 3.8) is 0 Å². The first kappa shape index (κ1) is 14.4. The van der Waals surface area contributed by atoms with E-state index in [0.717, 1.165) is 0 Å². The molecule has 8 nitrogen and oxygen atoms in total. The van der Waals surface area contributed by atoms with Gasteiger partial charge in [-0.15, -0.1) is 5.10 Å². The predicted octanol–water partition coefficient (Wildman–Crippen LogP) is 2.54. The van der Waals surface area contributed by atoms with Gasteiger partial charge in [-0.1, -0.05) is 12.1 Å². The lowest BCUT2D eigenvalue weighted by molar-refractivity contribution is -0.384. The summed E-state index contributed by atoms with van der Waals surface area (Å²) in [5.74, 6) is -0.659. The molecule has 1 aromatic heterocycles. The third-order valence-corrected chi connectivity index (χ3v) is 3.18. The van der Waals surface area contributed by atoms with E-state index in [9.17, 15) is 14.9 Å². The van der Waals surface area contributed by atoms with Crippen LogP contribution in [0.5, 0.6) is 0 Å². The minimum Gasteiger partial charge on any atom is -0.478 e. The lowest BCUT2D eigenvalue weighted by Gasteiger charge is -2.00. The molecule has 0 amide bonds. The highest BCUT2D eigenvalue weighted by Gasteiger charge is 2.10. The van der Waals surface area contributed by atoms with Crippen LogP contribution in [0.25, 0.3) is 17.1 Å². The molecule has 114 valence electrons. The highest BCUT2D eigenvalue weighted by atomic mass is 16.6. The number of hydrogen-bond donors (Lipinski definition) is 1. The Kier molecular flexibility index (Phi) is 3.55. The number of rotatable bonds is 4. The van der Waals surface area contributed by atoms with E-state index in [4.69, 9.17) is 5.11 Å². The van der Waals surface area contributed by atoms with E-state index in [-0.39, 0.29) is 11.3 Å². The lowest BCUT2D eigenvalue weighted by Crippen LogP contribution is -1.97. The van der Waals surface area contributed by atoms with Gasteiger partial charge in [0.25, 0.3) is 5.69 Å². The van der Waals surface area contributed by atoms with Gasteiger partial charge in [0.05, 0.1) is 16.2 Å². The molecule has 0 fully saturated rings. The van der Waals surface area contributed by atoms with Gasteiger partial charge in [-0.2, -0.15) is 0 Å². The summed E-state index contributed by atoms with van der Waals surface area (Å²) in [5.41, 5.74) is 1.33. The number of carboxylic acids is 1. The summed E-state index contributed by atoms with van der Waals surface area (Å²) in [6.07, 6.45) is 1.46. The van der Waals surface area contributed by atoms with Crippen LogP contribution < -0.4 is 0 Å². The number of carboxylic acid groups (broad SMARTS) is 1. The minimum absolute atomic E-state index is 0.0109. The Morgan fingerprint density at radius 1 is 1.17 bits per heavy atom. The van der Waals surface area contributed by atoms with E-state index < -0.39 is 10.9 Å². The van der Waals surface area contributed by atoms with Gasteiger partial charge in [0.15, 0.2) is 5.82 Å². The number of nitrogens with zero attached hydrogens (tertiary/aromatic N) is 4. The summed E-state index contributed by atoms with van der Waals surface area (Å²) < 4.78 is 1.46. The van der Waals surface area contributed by atoms with E-state index in [2.05, 4.69) is 10.1 Å². The topological polar surface area (TPSA) is 111 Å². The van der Waals surface area contributed by atoms with E-state index >= 15 is 0 Å². The number of aromatic carboxylic acids is 1. The van der Waals surface area contributed by atoms with Gasteiger partial charge < -0.3 is 5.11 Å². The second-order valence-electron chi connectivity index (χ2n) is 4.67. The van der Waals surface area contributed by atoms with Crippen LogP contribution in [0.15, 0.2) is 54.9 Å². The largest absolute Gasteiger partial charge is 0.478 e. The van der Waals surface area contributed by atoms with Gasteiger partial charge in [-0.25, -0.2) is 14.5 Å². The summed E-state index contributed by atoms with van der Waals surface area (Å²) in [7, 11) is 0. The second-order valence-corrected chi connectivity index (χ2v) is 4.67. The fraction of sp³-hybridized carbons (Fsp3) is 0. The summed E-state index contributed by atoms with van der Waals surface area (Å²) in [4.78, 5) is 25.3. The number of benzene rings is 2. The molecule has 0 atom stereocenters. The van der Waals surface area contributed by atoms with Crippen LogP contribution in [-0.4, -0.2) is 30.8 Å². The number of carbonyl (C=O) groups is 1. The van der Waals surface area contributed by atoms with E-state index in [1.807, 2.05) is 0 Å². The van der Waals surface area contributed by atoms with Crippen molar-refractivity contribution in [2.75, 3.05) is 0 Å². The van der Waals surface area contributed by atoms with Crippen LogP contribution in [0.4, 0.5) is 5.69 Å². The van der Waals surface area contributed by atoms with Crippen LogP contribution in [-0.2, 0) is 0 Å². The van der Waals surface area contributed by atoms with Crippen LogP contribution in [0.3, 0.4) is 0 Å². The zero-order valence-electron chi connectivity index (χ0n) is 11.7. The smallest absolute Gasteiger partial charge is 0.335 e. The number of nitro benzene ring substituents is 1. The summed E-state index contributed by atoms with van der Waals surface area (Å²) in [6.45, 7) is 0. The minimum atomic E-state index is -1.03. The van der Waals surface area contributed by atoms with Gasteiger partial charge in [0.1, 0.15) is 6.33 Å². The molecule has 23 heavy (non-hydrogen) atoms. The molecule has 0 aliphatic rings. The molecule has 3 aromatic rings. The van der Waals surface area contributed by atoms with Gasteiger partial charge in [0, 0.05) is 17.7 Å². The van der Waals surface area contributed by atoms with E-state index in [0.29, 0.717) is 17.1 Å². The Hall–Kier alpha value is -3.55. The molecule has 1 heterocycles. The molecule has 1 N–H and O–H groups in total. The average molecular weight is 310 g/mol. The van der Waals surface area contributed by atoms with Crippen molar-refractivity contribution in [3.8, 4) is 17.1 Å². The van der Waals surface area contributed by atoms with Crippen molar-refractivity contribution in [1.82, 2.24) is 14.8 Å². The summed E-state index contributed by atoms with van der Waals surface area (Å²) in [6, 6.07) is 12.2. The number of aromatic nitrogens is 3. The molecule has 0 radical (unpaired) electrons. The fourth-order valence-corrected chi connectivity index (χ4v) is 2.04. The third kappa shape index (κ3) is 2.91. The van der Waals surface area contributed by atoms with Crippen molar-refractivity contribution >= 4 is 11.7 Å². The Balaban J connectivity index is 1.92. The molecule has 0 unspecified atom stereocenters. The lowest BCUT2D eigenvalue weighted by atomic mass is 10.1. The normalized spacial score (nSPS) is 10.4. The third-order valence-electron chi connectivity index (χ3n) is 3.18. The zero-order valence-corrected chi connectivity index (χ0v) is 11.7. The Morgan fingerprint density at radius 3 is 2.57 bits per heavy atom. The maximum absolute atomic E-state index is 11.0. The molecule has 0 saturated heterocycles. The summed E-state index contributed by atoms with van der Waals surface area (Å²) >= 11 is 0. The molecule has 0 aliphatic carbocycles. The average Bonchev–Trinajstić information content (AvgIpc) is 3.05. The maximum Gasteiger partial charge on any atom is 0.335 e. The molecular weight excluding hydrogens is 300 g/mol. The SMILES string of the molecule is O=C(O)c1cccc(-c2ncn(-c3ccc([N+](=O)[O-])cc3)n2)c1. The van der Waals surface area contributed by atoms with Crippen molar-refractivity contribution in [1.29, 1.82) is 0 Å². The molecule has 0 bridgehead atoms. The molecule has 3 rings (SSSR count). The number of non-ortho nitro benzene ring substituents is 1. The molecule has 0 aliphatic heterocycles. The van der Waals surface area contributed by atoms with E-state index in [1.54, 1.807) is 24.3 Å². The van der Waals surface area contributed by atoms with Gasteiger partial charge >= 0.3 is 5.97 Å². The molecular formula is C15H10N4O4. The zero-order chi connectivity index (χ0) is 16.4. The highest BCUT2D eigenvalue weighted by molar-refractivity contribution is 5.89. The number of nitro groups is 1. The number of hydrogen-bond acceptors (Lipinski definition) is 5. The monoisotopic (exact) mass is 310 g/mol. The van der Waals surface area contributed by atoms with Crippen molar-refractivity contribution in [2.24, 2.45) is 0 Å². The first-order valence-corrected chi connectivity index (χ1v) is 6.55. The molecule has 2 aromatic carbocycles. The Labute approximate surface area is 129 Å². The Morgan fingerprint density at radius 2 is 1.91 bits per heavy atom. The van der Waals surface area contributed by atoms with Crippen molar-refractivity contribution in [3.05, 3.63) is 70.5 Å². The van der Waals surface area contributed by atoms with Gasteiger partial charge in [-0.3, -0.25) is 10.1 Å². The predicted molar refractivity (Wildman–Crippen MR) is 80.4 cm³/mol. The van der Waals surface area contributed by atoms with E-state index in [1.165, 1.54) is 35.3 Å². The van der Waals surface area contributed by atoms with Gasteiger partial charge in [0.2, 0.25) is 0 Å². The standard InChI is InChI=1S/C15H10N4O4/c20-15(21)11-3-1-2-10(8-11)14-16-9-18(17-14)12-4-6-13(7-5-12)19(22)23/h1-9H,(H,20,21). The van der Waals surface area contributed by atoms with Crippen molar-refractivity contribution < 1.29 is 14.8 Å². The van der Waals surface area contributed by atoms with Crippen LogP contribution in [0, 0.1) is 10.1 Å². The molecule has 0 spiro atoms. The van der Waals surface area contributed by atoms with Crippen LogP contribution >= 0.6 is 0 Å². The molecule has 8 heteroatoms. The Bertz CT molecular complexity index is 887. The van der Waals surface area contributed by atoms with Crippen LogP contribution in [0.2, 0.25) is 0 Å².